The third kappa shape index (κ3) is 7.70. The lowest BCUT2D eigenvalue weighted by molar-refractivity contribution is -0.122. The maximum absolute atomic E-state index is 11.7. The molecule has 1 saturated heterocycles. The van der Waals surface area contributed by atoms with Crippen LogP contribution in [0.25, 0.3) is 0 Å². The Balaban J connectivity index is 2.24. The molecule has 0 radical (unpaired) electrons. The Bertz CT molecular complexity index is 369. The smallest absolute Gasteiger partial charge is 0.407 e. The molecule has 0 aromatic carbocycles. The molecule has 0 aromatic rings. The highest BCUT2D eigenvalue weighted by molar-refractivity contribution is 5.78. The number of rotatable bonds is 5. The second-order valence-electron chi connectivity index (χ2n) is 6.29. The molecular formula is C15H27N3O3. The normalized spacial score (nSPS) is 17.1. The van der Waals surface area contributed by atoms with Crippen LogP contribution in [0.2, 0.25) is 0 Å². The van der Waals surface area contributed by atoms with Crippen LogP contribution in [0.4, 0.5) is 4.79 Å². The van der Waals surface area contributed by atoms with Gasteiger partial charge in [0.05, 0.1) is 6.54 Å². The summed E-state index contributed by atoms with van der Waals surface area (Å²) in [6.07, 6.45) is 2.95. The van der Waals surface area contributed by atoms with E-state index in [-0.39, 0.29) is 18.0 Å². The quantitative estimate of drug-likeness (QED) is 0.750. The van der Waals surface area contributed by atoms with Crippen LogP contribution in [-0.4, -0.2) is 54.7 Å². The standard InChI is InChI=1S/C15H27N3O3/c1-5-8-16-13(19)11-18-9-6-12(7-10-18)17-14(20)21-15(2,3)4/h5,12H,1,6-11H2,2-4H3,(H,16,19)(H,17,20). The number of carbonyl (C=O) groups excluding carboxylic acids is 2. The van der Waals surface area contributed by atoms with Crippen LogP contribution in [-0.2, 0) is 9.53 Å². The van der Waals surface area contributed by atoms with E-state index in [1.165, 1.54) is 0 Å². The van der Waals surface area contributed by atoms with Gasteiger partial charge in [0.25, 0.3) is 0 Å². The summed E-state index contributed by atoms with van der Waals surface area (Å²) in [5.41, 5.74) is -0.478. The molecule has 0 aliphatic carbocycles. The number of amides is 2. The van der Waals surface area contributed by atoms with E-state index in [1.807, 2.05) is 20.8 Å². The molecule has 6 nitrogen and oxygen atoms in total. The molecule has 0 aromatic heterocycles. The van der Waals surface area contributed by atoms with E-state index in [9.17, 15) is 9.59 Å². The minimum absolute atomic E-state index is 0.00783. The molecule has 0 bridgehead atoms. The Morgan fingerprint density at radius 1 is 1.33 bits per heavy atom. The van der Waals surface area contributed by atoms with Crippen LogP contribution < -0.4 is 10.6 Å². The van der Waals surface area contributed by atoms with Gasteiger partial charge in [0, 0.05) is 25.7 Å². The number of likely N-dealkylation sites (tertiary alicyclic amines) is 1. The number of carbonyl (C=O) groups is 2. The monoisotopic (exact) mass is 297 g/mol. The van der Waals surface area contributed by atoms with Crippen LogP contribution in [0.5, 0.6) is 0 Å². The summed E-state index contributed by atoms with van der Waals surface area (Å²) in [7, 11) is 0. The van der Waals surface area contributed by atoms with Gasteiger partial charge in [0.1, 0.15) is 5.60 Å². The Morgan fingerprint density at radius 3 is 2.48 bits per heavy atom. The first kappa shape index (κ1) is 17.5. The SMILES string of the molecule is C=CCNC(=O)CN1CCC(NC(=O)OC(C)(C)C)CC1. The number of alkyl carbamates (subject to hydrolysis) is 1. The van der Waals surface area contributed by atoms with E-state index >= 15 is 0 Å². The van der Waals surface area contributed by atoms with Crippen molar-refractivity contribution in [1.29, 1.82) is 0 Å². The molecule has 2 N–H and O–H groups in total. The molecule has 0 spiro atoms. The van der Waals surface area contributed by atoms with Gasteiger partial charge in [-0.1, -0.05) is 6.08 Å². The summed E-state index contributed by atoms with van der Waals surface area (Å²) in [5, 5.41) is 5.64. The molecule has 6 heteroatoms. The van der Waals surface area contributed by atoms with Gasteiger partial charge in [0.2, 0.25) is 5.91 Å². The van der Waals surface area contributed by atoms with Gasteiger partial charge in [0.15, 0.2) is 0 Å². The zero-order valence-corrected chi connectivity index (χ0v) is 13.3. The largest absolute Gasteiger partial charge is 0.444 e. The van der Waals surface area contributed by atoms with Gasteiger partial charge in [-0.15, -0.1) is 6.58 Å². The van der Waals surface area contributed by atoms with Crippen molar-refractivity contribution in [3.8, 4) is 0 Å². The highest BCUT2D eigenvalue weighted by atomic mass is 16.6. The molecule has 1 aliphatic heterocycles. The zero-order chi connectivity index (χ0) is 15.9. The average molecular weight is 297 g/mol. The summed E-state index contributed by atoms with van der Waals surface area (Å²) in [6.45, 7) is 11.6. The molecule has 0 atom stereocenters. The predicted octanol–water partition coefficient (Wildman–Crippen LogP) is 1.28. The number of hydrogen-bond acceptors (Lipinski definition) is 4. The van der Waals surface area contributed by atoms with Crippen LogP contribution in [0.3, 0.4) is 0 Å². The Morgan fingerprint density at radius 2 is 1.95 bits per heavy atom. The van der Waals surface area contributed by atoms with E-state index < -0.39 is 5.60 Å². The maximum Gasteiger partial charge on any atom is 0.407 e. The molecule has 1 heterocycles. The van der Waals surface area contributed by atoms with Crippen LogP contribution in [0.1, 0.15) is 33.6 Å². The molecule has 120 valence electrons. The fourth-order valence-electron chi connectivity index (χ4n) is 2.15. The van der Waals surface area contributed by atoms with Gasteiger partial charge in [-0.3, -0.25) is 9.69 Å². The Kier molecular flexibility index (Phi) is 6.68. The van der Waals surface area contributed by atoms with Crippen LogP contribution in [0.15, 0.2) is 12.7 Å². The first-order valence-electron chi connectivity index (χ1n) is 7.39. The predicted molar refractivity (Wildman–Crippen MR) is 82.0 cm³/mol. The van der Waals surface area contributed by atoms with Crippen LogP contribution >= 0.6 is 0 Å². The van der Waals surface area contributed by atoms with E-state index in [0.717, 1.165) is 25.9 Å². The molecule has 0 saturated carbocycles. The van der Waals surface area contributed by atoms with E-state index in [0.29, 0.717) is 13.1 Å². The first-order chi connectivity index (χ1) is 9.80. The van der Waals surface area contributed by atoms with Crippen molar-refractivity contribution in [2.45, 2.75) is 45.3 Å². The van der Waals surface area contributed by atoms with Gasteiger partial charge < -0.3 is 15.4 Å². The summed E-state index contributed by atoms with van der Waals surface area (Å²) < 4.78 is 5.24. The molecule has 1 aliphatic rings. The third-order valence-corrected chi connectivity index (χ3v) is 3.12. The molecule has 1 rings (SSSR count). The van der Waals surface area contributed by atoms with E-state index in [4.69, 9.17) is 4.74 Å². The van der Waals surface area contributed by atoms with Gasteiger partial charge >= 0.3 is 6.09 Å². The molecule has 21 heavy (non-hydrogen) atoms. The fraction of sp³-hybridized carbons (Fsp3) is 0.733. The van der Waals surface area contributed by atoms with Crippen molar-refractivity contribution >= 4 is 12.0 Å². The lowest BCUT2D eigenvalue weighted by atomic mass is 10.1. The second kappa shape index (κ2) is 8.02. The van der Waals surface area contributed by atoms with Crippen molar-refractivity contribution in [2.24, 2.45) is 0 Å². The minimum atomic E-state index is -0.478. The molecular weight excluding hydrogens is 270 g/mol. The molecule has 2 amide bonds. The number of nitrogens with one attached hydrogen (secondary N) is 2. The van der Waals surface area contributed by atoms with Crippen molar-refractivity contribution in [3.05, 3.63) is 12.7 Å². The van der Waals surface area contributed by atoms with Crippen molar-refractivity contribution in [1.82, 2.24) is 15.5 Å². The van der Waals surface area contributed by atoms with Gasteiger partial charge in [-0.05, 0) is 33.6 Å². The number of hydrogen-bond donors (Lipinski definition) is 2. The average Bonchev–Trinajstić information content (AvgIpc) is 2.36. The van der Waals surface area contributed by atoms with Crippen LogP contribution in [0, 0.1) is 0 Å². The van der Waals surface area contributed by atoms with E-state index in [1.54, 1.807) is 6.08 Å². The van der Waals surface area contributed by atoms with Crippen molar-refractivity contribution < 1.29 is 14.3 Å². The zero-order valence-electron chi connectivity index (χ0n) is 13.3. The van der Waals surface area contributed by atoms with Gasteiger partial charge in [-0.25, -0.2) is 4.79 Å². The number of ether oxygens (including phenoxy) is 1. The second-order valence-corrected chi connectivity index (χ2v) is 6.29. The third-order valence-electron chi connectivity index (χ3n) is 3.12. The van der Waals surface area contributed by atoms with E-state index in [2.05, 4.69) is 22.1 Å². The number of nitrogens with zero attached hydrogens (tertiary/aromatic N) is 1. The first-order valence-corrected chi connectivity index (χ1v) is 7.39. The minimum Gasteiger partial charge on any atom is -0.444 e. The lowest BCUT2D eigenvalue weighted by Crippen LogP contribution is -2.48. The van der Waals surface area contributed by atoms with Crippen molar-refractivity contribution in [3.63, 3.8) is 0 Å². The molecule has 0 unspecified atom stereocenters. The highest BCUT2D eigenvalue weighted by Gasteiger charge is 2.24. The summed E-state index contributed by atoms with van der Waals surface area (Å²) in [5.74, 6) is 0.00783. The molecule has 1 fully saturated rings. The van der Waals surface area contributed by atoms with Gasteiger partial charge in [-0.2, -0.15) is 0 Å². The summed E-state index contributed by atoms with van der Waals surface area (Å²) in [4.78, 5) is 25.4. The number of piperidine rings is 1. The lowest BCUT2D eigenvalue weighted by Gasteiger charge is -2.32. The fourth-order valence-corrected chi connectivity index (χ4v) is 2.15. The summed E-state index contributed by atoms with van der Waals surface area (Å²) >= 11 is 0. The van der Waals surface area contributed by atoms with Crippen molar-refractivity contribution in [2.75, 3.05) is 26.2 Å². The maximum atomic E-state index is 11.7. The Labute approximate surface area is 126 Å². The topological polar surface area (TPSA) is 70.7 Å². The Hall–Kier alpha value is -1.56. The highest BCUT2D eigenvalue weighted by Crippen LogP contribution is 2.12. The summed E-state index contributed by atoms with van der Waals surface area (Å²) in [6, 6.07) is 0.118.